The Balaban J connectivity index is 1.61. The fraction of sp³-hybridized carbons (Fsp3) is 0.143. The van der Waals surface area contributed by atoms with Gasteiger partial charge in [-0.1, -0.05) is 47.6 Å². The molecule has 0 aliphatic rings. The SMILES string of the molecule is Clc1ccccc1CSc1n[nH]c(Cc2cccs2)n1. The molecule has 0 unspecified atom stereocenters. The van der Waals surface area contributed by atoms with Crippen molar-refractivity contribution < 1.29 is 0 Å². The molecule has 6 heteroatoms. The Morgan fingerprint density at radius 2 is 2.10 bits per heavy atom. The molecule has 0 fully saturated rings. The lowest BCUT2D eigenvalue weighted by Crippen LogP contribution is -1.87. The maximum Gasteiger partial charge on any atom is 0.208 e. The van der Waals surface area contributed by atoms with E-state index in [0.29, 0.717) is 0 Å². The summed E-state index contributed by atoms with van der Waals surface area (Å²) >= 11 is 9.44. The maximum absolute atomic E-state index is 6.13. The van der Waals surface area contributed by atoms with Crippen molar-refractivity contribution in [2.45, 2.75) is 17.3 Å². The van der Waals surface area contributed by atoms with Gasteiger partial charge in [-0.3, -0.25) is 5.10 Å². The first-order valence-electron chi connectivity index (χ1n) is 6.11. The van der Waals surface area contributed by atoms with Crippen molar-refractivity contribution in [3.05, 3.63) is 63.1 Å². The van der Waals surface area contributed by atoms with Crippen LogP contribution < -0.4 is 0 Å². The van der Waals surface area contributed by atoms with Gasteiger partial charge >= 0.3 is 0 Å². The largest absolute Gasteiger partial charge is 0.262 e. The van der Waals surface area contributed by atoms with Gasteiger partial charge in [0.1, 0.15) is 5.82 Å². The van der Waals surface area contributed by atoms with Crippen molar-refractivity contribution in [2.75, 3.05) is 0 Å². The first kappa shape index (κ1) is 13.7. The number of H-pyrrole nitrogens is 1. The van der Waals surface area contributed by atoms with Crippen LogP contribution in [0.2, 0.25) is 5.02 Å². The molecule has 3 nitrogen and oxygen atoms in total. The van der Waals surface area contributed by atoms with Crippen LogP contribution in [-0.2, 0) is 12.2 Å². The second-order valence-electron chi connectivity index (χ2n) is 4.20. The summed E-state index contributed by atoms with van der Waals surface area (Å²) in [5.41, 5.74) is 1.10. The lowest BCUT2D eigenvalue weighted by atomic mass is 10.2. The average molecular weight is 322 g/mol. The summed E-state index contributed by atoms with van der Waals surface area (Å²) in [5, 5.41) is 10.8. The van der Waals surface area contributed by atoms with Gasteiger partial charge in [-0.2, -0.15) is 0 Å². The number of thioether (sulfide) groups is 1. The third-order valence-corrected chi connectivity index (χ3v) is 4.89. The van der Waals surface area contributed by atoms with E-state index in [1.165, 1.54) is 4.88 Å². The second kappa shape index (κ2) is 6.43. The van der Waals surface area contributed by atoms with Gasteiger partial charge in [0.15, 0.2) is 0 Å². The minimum absolute atomic E-state index is 0.761. The molecular formula is C14H12ClN3S2. The molecule has 0 amide bonds. The zero-order chi connectivity index (χ0) is 13.8. The number of aromatic amines is 1. The fourth-order valence-corrected chi connectivity index (χ4v) is 3.57. The van der Waals surface area contributed by atoms with E-state index in [2.05, 4.69) is 26.6 Å². The van der Waals surface area contributed by atoms with E-state index in [1.807, 2.05) is 30.3 Å². The van der Waals surface area contributed by atoms with Gasteiger partial charge in [-0.05, 0) is 23.1 Å². The van der Waals surface area contributed by atoms with Crippen LogP contribution >= 0.6 is 34.7 Å². The first-order chi connectivity index (χ1) is 9.81. The topological polar surface area (TPSA) is 41.6 Å². The smallest absolute Gasteiger partial charge is 0.208 e. The van der Waals surface area contributed by atoms with E-state index in [-0.39, 0.29) is 0 Å². The van der Waals surface area contributed by atoms with Crippen molar-refractivity contribution in [1.82, 2.24) is 15.2 Å². The summed E-state index contributed by atoms with van der Waals surface area (Å²) < 4.78 is 0. The van der Waals surface area contributed by atoms with Crippen molar-refractivity contribution in [3.63, 3.8) is 0 Å². The number of nitrogens with zero attached hydrogens (tertiary/aromatic N) is 2. The molecule has 0 radical (unpaired) electrons. The number of benzene rings is 1. The number of halogens is 1. The van der Waals surface area contributed by atoms with Gasteiger partial charge < -0.3 is 0 Å². The molecule has 0 aliphatic heterocycles. The molecule has 0 saturated heterocycles. The molecular weight excluding hydrogens is 310 g/mol. The predicted molar refractivity (Wildman–Crippen MR) is 84.5 cm³/mol. The standard InChI is InChI=1S/C14H12ClN3S2/c15-12-6-2-1-4-10(12)9-20-14-16-13(17-18-14)8-11-5-3-7-19-11/h1-7H,8-9H2,(H,16,17,18). The average Bonchev–Trinajstić information content (AvgIpc) is 3.10. The lowest BCUT2D eigenvalue weighted by Gasteiger charge is -2.00. The van der Waals surface area contributed by atoms with Crippen LogP contribution in [0.4, 0.5) is 0 Å². The number of rotatable bonds is 5. The van der Waals surface area contributed by atoms with Crippen molar-refractivity contribution in [2.24, 2.45) is 0 Å². The second-order valence-corrected chi connectivity index (χ2v) is 6.58. The minimum Gasteiger partial charge on any atom is -0.262 e. The van der Waals surface area contributed by atoms with Gasteiger partial charge in [0.2, 0.25) is 5.16 Å². The van der Waals surface area contributed by atoms with Crippen LogP contribution in [0.3, 0.4) is 0 Å². The number of hydrogen-bond acceptors (Lipinski definition) is 4. The van der Waals surface area contributed by atoms with E-state index in [0.717, 1.165) is 33.7 Å². The van der Waals surface area contributed by atoms with Crippen molar-refractivity contribution >= 4 is 34.7 Å². The third kappa shape index (κ3) is 3.42. The fourth-order valence-electron chi connectivity index (χ4n) is 1.76. The van der Waals surface area contributed by atoms with Gasteiger partial charge in [-0.15, -0.1) is 16.4 Å². The summed E-state index contributed by atoms with van der Waals surface area (Å²) in [7, 11) is 0. The van der Waals surface area contributed by atoms with E-state index in [1.54, 1.807) is 23.1 Å². The monoisotopic (exact) mass is 321 g/mol. The molecule has 1 aromatic carbocycles. The van der Waals surface area contributed by atoms with Crippen LogP contribution in [0.25, 0.3) is 0 Å². The van der Waals surface area contributed by atoms with Crippen molar-refractivity contribution in [3.8, 4) is 0 Å². The van der Waals surface area contributed by atoms with E-state index >= 15 is 0 Å². The van der Waals surface area contributed by atoms with E-state index in [9.17, 15) is 0 Å². The highest BCUT2D eigenvalue weighted by atomic mass is 35.5. The zero-order valence-electron chi connectivity index (χ0n) is 10.5. The molecule has 3 aromatic rings. The van der Waals surface area contributed by atoms with Gasteiger partial charge in [0.05, 0.1) is 0 Å². The Hall–Kier alpha value is -1.30. The van der Waals surface area contributed by atoms with E-state index in [4.69, 9.17) is 11.6 Å². The minimum atomic E-state index is 0.761. The summed E-state index contributed by atoms with van der Waals surface area (Å²) in [5.74, 6) is 1.67. The number of aromatic nitrogens is 3. The third-order valence-electron chi connectivity index (χ3n) is 2.75. The Kier molecular flexibility index (Phi) is 4.40. The quantitative estimate of drug-likeness (QED) is 0.708. The molecule has 102 valence electrons. The summed E-state index contributed by atoms with van der Waals surface area (Å²) in [6, 6.07) is 12.0. The molecule has 0 saturated carbocycles. The van der Waals surface area contributed by atoms with Crippen LogP contribution in [0.5, 0.6) is 0 Å². The molecule has 0 atom stereocenters. The molecule has 2 heterocycles. The van der Waals surface area contributed by atoms with Crippen molar-refractivity contribution in [1.29, 1.82) is 0 Å². The molecule has 3 rings (SSSR count). The van der Waals surface area contributed by atoms with Gasteiger partial charge in [0.25, 0.3) is 0 Å². The zero-order valence-corrected chi connectivity index (χ0v) is 12.9. The summed E-state index contributed by atoms with van der Waals surface area (Å²) in [4.78, 5) is 5.77. The summed E-state index contributed by atoms with van der Waals surface area (Å²) in [6.45, 7) is 0. The molecule has 0 bridgehead atoms. The predicted octanol–water partition coefficient (Wildman–Crippen LogP) is 4.40. The Morgan fingerprint density at radius 1 is 1.20 bits per heavy atom. The Morgan fingerprint density at radius 3 is 2.90 bits per heavy atom. The van der Waals surface area contributed by atoms with Gasteiger partial charge in [0, 0.05) is 22.1 Å². The van der Waals surface area contributed by atoms with Crippen LogP contribution in [0.15, 0.2) is 46.9 Å². The normalized spacial score (nSPS) is 10.8. The molecule has 0 spiro atoms. The Bertz CT molecular complexity index is 679. The number of thiophene rings is 1. The number of nitrogens with one attached hydrogen (secondary N) is 1. The Labute approximate surface area is 130 Å². The highest BCUT2D eigenvalue weighted by Gasteiger charge is 2.07. The lowest BCUT2D eigenvalue weighted by molar-refractivity contribution is 0.960. The van der Waals surface area contributed by atoms with Gasteiger partial charge in [-0.25, -0.2) is 4.98 Å². The molecule has 20 heavy (non-hydrogen) atoms. The van der Waals surface area contributed by atoms with Crippen LogP contribution in [0.1, 0.15) is 16.3 Å². The maximum atomic E-state index is 6.13. The summed E-state index contributed by atoms with van der Waals surface area (Å²) in [6.07, 6.45) is 0.803. The van der Waals surface area contributed by atoms with E-state index < -0.39 is 0 Å². The highest BCUT2D eigenvalue weighted by molar-refractivity contribution is 7.98. The number of hydrogen-bond donors (Lipinski definition) is 1. The molecule has 2 aromatic heterocycles. The van der Waals surface area contributed by atoms with Crippen LogP contribution in [-0.4, -0.2) is 15.2 Å². The van der Waals surface area contributed by atoms with Crippen LogP contribution in [0, 0.1) is 0 Å². The molecule has 1 N–H and O–H groups in total. The molecule has 0 aliphatic carbocycles. The first-order valence-corrected chi connectivity index (χ1v) is 8.35. The highest BCUT2D eigenvalue weighted by Crippen LogP contribution is 2.24.